The molecule has 0 spiro atoms. The maximum absolute atomic E-state index is 9.53. The van der Waals surface area contributed by atoms with Gasteiger partial charge in [0.15, 0.2) is 5.96 Å². The molecule has 1 rings (SSSR count). The number of nitrogens with one attached hydrogen (secondary N) is 1. The largest absolute Gasteiger partial charge is 0.391 e. The number of nitrogens with zero attached hydrogens (tertiary/aromatic N) is 2. The number of guanidine groups is 1. The van der Waals surface area contributed by atoms with Gasteiger partial charge in [-0.05, 0) is 19.8 Å². The van der Waals surface area contributed by atoms with Gasteiger partial charge in [-0.3, -0.25) is 4.99 Å². The van der Waals surface area contributed by atoms with Gasteiger partial charge in [0.05, 0.1) is 6.10 Å². The molecule has 0 amide bonds. The van der Waals surface area contributed by atoms with Gasteiger partial charge in [0, 0.05) is 26.2 Å². The minimum Gasteiger partial charge on any atom is -0.391 e. The molecule has 100 valence electrons. The summed E-state index contributed by atoms with van der Waals surface area (Å²) in [4.78, 5) is 6.78. The molecule has 0 bridgehead atoms. The highest BCUT2D eigenvalue weighted by Gasteiger charge is 2.22. The third-order valence-corrected chi connectivity index (χ3v) is 3.07. The van der Waals surface area contributed by atoms with Crippen LogP contribution in [0.3, 0.4) is 0 Å². The molecule has 4 nitrogen and oxygen atoms in total. The number of hydrogen-bond donors (Lipinski definition) is 2. The van der Waals surface area contributed by atoms with Crippen molar-refractivity contribution in [3.63, 3.8) is 0 Å². The van der Waals surface area contributed by atoms with E-state index in [2.05, 4.69) is 29.1 Å². The second kappa shape index (κ2) is 8.34. The molecular weight excluding hydrogens is 214 g/mol. The zero-order valence-electron chi connectivity index (χ0n) is 11.3. The molecule has 17 heavy (non-hydrogen) atoms. The Labute approximate surface area is 105 Å². The van der Waals surface area contributed by atoms with E-state index < -0.39 is 0 Å². The average Bonchev–Trinajstić information content (AvgIpc) is 2.74. The Morgan fingerprint density at radius 2 is 2.18 bits per heavy atom. The van der Waals surface area contributed by atoms with Crippen molar-refractivity contribution >= 4 is 5.96 Å². The Kier molecular flexibility index (Phi) is 7.01. The molecule has 0 radical (unpaired) electrons. The Bertz CT molecular complexity index is 231. The van der Waals surface area contributed by atoms with Crippen LogP contribution in [0.5, 0.6) is 0 Å². The van der Waals surface area contributed by atoms with Crippen LogP contribution in [0.2, 0.25) is 0 Å². The second-order valence-corrected chi connectivity index (χ2v) is 4.68. The lowest BCUT2D eigenvalue weighted by Crippen LogP contribution is -2.40. The van der Waals surface area contributed by atoms with E-state index in [0.717, 1.165) is 38.6 Å². The molecule has 0 aromatic heterocycles. The van der Waals surface area contributed by atoms with Crippen molar-refractivity contribution in [3.05, 3.63) is 0 Å². The van der Waals surface area contributed by atoms with Gasteiger partial charge in [-0.2, -0.15) is 0 Å². The van der Waals surface area contributed by atoms with Crippen LogP contribution >= 0.6 is 0 Å². The predicted molar refractivity (Wildman–Crippen MR) is 72.3 cm³/mol. The molecule has 0 aromatic rings. The molecule has 1 heterocycles. The zero-order chi connectivity index (χ0) is 12.5. The normalized spacial score (nSPS) is 21.0. The highest BCUT2D eigenvalue weighted by atomic mass is 16.3. The van der Waals surface area contributed by atoms with Crippen LogP contribution < -0.4 is 5.32 Å². The molecule has 0 aliphatic carbocycles. The molecule has 0 aromatic carbocycles. The molecule has 1 fully saturated rings. The van der Waals surface area contributed by atoms with Gasteiger partial charge in [-0.15, -0.1) is 0 Å². The third-order valence-electron chi connectivity index (χ3n) is 3.07. The lowest BCUT2D eigenvalue weighted by atomic mass is 10.2. The topological polar surface area (TPSA) is 47.9 Å². The molecule has 4 heteroatoms. The lowest BCUT2D eigenvalue weighted by molar-refractivity contribution is 0.188. The van der Waals surface area contributed by atoms with Crippen LogP contribution in [0.25, 0.3) is 0 Å². The quantitative estimate of drug-likeness (QED) is 0.422. The van der Waals surface area contributed by atoms with Crippen molar-refractivity contribution in [1.82, 2.24) is 10.2 Å². The second-order valence-electron chi connectivity index (χ2n) is 4.68. The van der Waals surface area contributed by atoms with Crippen LogP contribution in [-0.2, 0) is 0 Å². The van der Waals surface area contributed by atoms with Crippen molar-refractivity contribution in [2.24, 2.45) is 4.99 Å². The number of rotatable bonds is 6. The number of unbranched alkanes of at least 4 members (excludes halogenated alkanes) is 3. The summed E-state index contributed by atoms with van der Waals surface area (Å²) in [6.45, 7) is 7.73. The van der Waals surface area contributed by atoms with Crippen molar-refractivity contribution in [3.8, 4) is 0 Å². The molecule has 1 atom stereocenters. The van der Waals surface area contributed by atoms with E-state index in [0.29, 0.717) is 0 Å². The smallest absolute Gasteiger partial charge is 0.194 e. The molecule has 0 saturated carbocycles. The monoisotopic (exact) mass is 241 g/mol. The van der Waals surface area contributed by atoms with Gasteiger partial charge in [0.25, 0.3) is 0 Å². The third kappa shape index (κ3) is 5.39. The standard InChI is InChI=1S/C13H27N3O/c1-3-5-6-7-9-15-13(14-4-2)16-10-8-12(17)11-16/h12,17H,3-11H2,1-2H3,(H,14,15)/t12-/m1/s1. The first kappa shape index (κ1) is 14.3. The Hall–Kier alpha value is -0.770. The van der Waals surface area contributed by atoms with Gasteiger partial charge < -0.3 is 15.3 Å². The summed E-state index contributed by atoms with van der Waals surface area (Å²) in [7, 11) is 0. The first-order valence-electron chi connectivity index (χ1n) is 6.99. The van der Waals surface area contributed by atoms with Crippen LogP contribution in [0.4, 0.5) is 0 Å². The van der Waals surface area contributed by atoms with Crippen molar-refractivity contribution < 1.29 is 5.11 Å². The Morgan fingerprint density at radius 3 is 2.76 bits per heavy atom. The number of likely N-dealkylation sites (tertiary alicyclic amines) is 1. The number of aliphatic imine (C=N–C) groups is 1. The van der Waals surface area contributed by atoms with Gasteiger partial charge in [-0.25, -0.2) is 0 Å². The van der Waals surface area contributed by atoms with Crippen molar-refractivity contribution in [1.29, 1.82) is 0 Å². The van der Waals surface area contributed by atoms with Crippen LogP contribution in [0.1, 0.15) is 46.0 Å². The highest BCUT2D eigenvalue weighted by Crippen LogP contribution is 2.09. The Morgan fingerprint density at radius 1 is 1.35 bits per heavy atom. The molecule has 1 saturated heterocycles. The van der Waals surface area contributed by atoms with Gasteiger partial charge in [-0.1, -0.05) is 26.2 Å². The molecule has 0 unspecified atom stereocenters. The first-order valence-corrected chi connectivity index (χ1v) is 6.99. The lowest BCUT2D eigenvalue weighted by Gasteiger charge is -2.20. The van der Waals surface area contributed by atoms with Crippen molar-refractivity contribution in [2.75, 3.05) is 26.2 Å². The highest BCUT2D eigenvalue weighted by molar-refractivity contribution is 5.80. The van der Waals surface area contributed by atoms with E-state index in [-0.39, 0.29) is 6.10 Å². The van der Waals surface area contributed by atoms with E-state index in [1.807, 2.05) is 0 Å². The van der Waals surface area contributed by atoms with E-state index in [4.69, 9.17) is 0 Å². The van der Waals surface area contributed by atoms with Crippen LogP contribution in [0.15, 0.2) is 4.99 Å². The summed E-state index contributed by atoms with van der Waals surface area (Å²) in [6.07, 6.45) is 5.68. The van der Waals surface area contributed by atoms with E-state index in [1.54, 1.807) is 0 Å². The predicted octanol–water partition coefficient (Wildman–Crippen LogP) is 1.60. The summed E-state index contributed by atoms with van der Waals surface area (Å²) in [5.74, 6) is 0.973. The van der Waals surface area contributed by atoms with Crippen LogP contribution in [-0.4, -0.2) is 48.2 Å². The first-order chi connectivity index (χ1) is 8.27. The van der Waals surface area contributed by atoms with Crippen LogP contribution in [0, 0.1) is 0 Å². The zero-order valence-corrected chi connectivity index (χ0v) is 11.3. The van der Waals surface area contributed by atoms with E-state index >= 15 is 0 Å². The molecular formula is C13H27N3O. The van der Waals surface area contributed by atoms with E-state index in [1.165, 1.54) is 25.7 Å². The Balaban J connectivity index is 2.33. The summed E-state index contributed by atoms with van der Waals surface area (Å²) in [5.41, 5.74) is 0. The minimum atomic E-state index is -0.182. The number of aliphatic hydroxyl groups excluding tert-OH is 1. The summed E-state index contributed by atoms with van der Waals surface area (Å²) >= 11 is 0. The minimum absolute atomic E-state index is 0.182. The van der Waals surface area contributed by atoms with E-state index in [9.17, 15) is 5.11 Å². The molecule has 2 N–H and O–H groups in total. The molecule has 1 aliphatic heterocycles. The number of hydrogen-bond acceptors (Lipinski definition) is 2. The summed E-state index contributed by atoms with van der Waals surface area (Å²) in [6, 6.07) is 0. The summed E-state index contributed by atoms with van der Waals surface area (Å²) in [5, 5.41) is 12.8. The molecule has 1 aliphatic rings. The van der Waals surface area contributed by atoms with Crippen molar-refractivity contribution in [2.45, 2.75) is 52.1 Å². The van der Waals surface area contributed by atoms with Gasteiger partial charge >= 0.3 is 0 Å². The maximum atomic E-state index is 9.53. The number of aliphatic hydroxyl groups is 1. The maximum Gasteiger partial charge on any atom is 0.194 e. The fraction of sp³-hybridized carbons (Fsp3) is 0.923. The summed E-state index contributed by atoms with van der Waals surface area (Å²) < 4.78 is 0. The number of β-amino-alcohol motifs (C(OH)–C–C–N with tert-alkyl or cyclic N) is 1. The average molecular weight is 241 g/mol. The fourth-order valence-corrected chi connectivity index (χ4v) is 2.08. The van der Waals surface area contributed by atoms with Gasteiger partial charge in [0.1, 0.15) is 0 Å². The van der Waals surface area contributed by atoms with Gasteiger partial charge in [0.2, 0.25) is 0 Å². The SMILES string of the molecule is CCCCCCN=C(NCC)N1CC[C@@H](O)C1. The fourth-order valence-electron chi connectivity index (χ4n) is 2.08.